The molecule has 1 aliphatic rings. The summed E-state index contributed by atoms with van der Waals surface area (Å²) in [5.74, 6) is 0.0372. The predicted octanol–water partition coefficient (Wildman–Crippen LogP) is 3.39. The Balaban J connectivity index is 1.65. The molecule has 0 unspecified atom stereocenters. The van der Waals surface area contributed by atoms with Gasteiger partial charge in [-0.05, 0) is 30.7 Å². The Morgan fingerprint density at radius 3 is 3.07 bits per heavy atom. The third kappa shape index (κ3) is 4.03. The second-order valence-electron chi connectivity index (χ2n) is 6.89. The Hall–Kier alpha value is -1.87. The number of nitrogens with one attached hydrogen (secondary N) is 3. The van der Waals surface area contributed by atoms with Gasteiger partial charge >= 0.3 is 0 Å². The Labute approximate surface area is 166 Å². The molecule has 3 N–H and O–H groups in total. The molecule has 0 bridgehead atoms. The number of carbonyl (C=O) groups is 1. The second-order valence-corrected chi connectivity index (χ2v) is 9.02. The van der Waals surface area contributed by atoms with Crippen LogP contribution < -0.4 is 16.0 Å². The maximum Gasteiger partial charge on any atom is 0.226 e. The van der Waals surface area contributed by atoms with Gasteiger partial charge in [0.25, 0.3) is 0 Å². The van der Waals surface area contributed by atoms with Gasteiger partial charge in [0.2, 0.25) is 5.91 Å². The quantitative estimate of drug-likeness (QED) is 0.590. The first-order chi connectivity index (χ1) is 13.1. The third-order valence-corrected chi connectivity index (χ3v) is 6.64. The van der Waals surface area contributed by atoms with Crippen LogP contribution in [0.15, 0.2) is 18.3 Å². The number of amides is 1. The van der Waals surface area contributed by atoms with Crippen molar-refractivity contribution >= 4 is 43.9 Å². The normalized spacial score (nSPS) is 13.9. The van der Waals surface area contributed by atoms with Crippen molar-refractivity contribution in [2.45, 2.75) is 39.3 Å². The zero-order valence-corrected chi connectivity index (χ0v) is 17.1. The molecule has 27 heavy (non-hydrogen) atoms. The van der Waals surface area contributed by atoms with Crippen molar-refractivity contribution in [2.75, 3.05) is 18.4 Å². The van der Waals surface area contributed by atoms with Gasteiger partial charge in [0, 0.05) is 42.2 Å². The summed E-state index contributed by atoms with van der Waals surface area (Å²) >= 11 is 3.31. The largest absolute Gasteiger partial charge is 0.317 e. The summed E-state index contributed by atoms with van der Waals surface area (Å²) < 4.78 is 1.07. The Morgan fingerprint density at radius 1 is 1.37 bits per heavy atom. The van der Waals surface area contributed by atoms with E-state index >= 15 is 0 Å². The van der Waals surface area contributed by atoms with Gasteiger partial charge in [-0.3, -0.25) is 4.79 Å². The van der Waals surface area contributed by atoms with Crippen LogP contribution >= 0.6 is 22.7 Å². The van der Waals surface area contributed by atoms with E-state index in [1.54, 1.807) is 28.9 Å². The van der Waals surface area contributed by atoms with Crippen LogP contribution in [0.4, 0.5) is 5.00 Å². The van der Waals surface area contributed by atoms with E-state index in [0.717, 1.165) is 45.4 Å². The summed E-state index contributed by atoms with van der Waals surface area (Å²) in [5.41, 5.74) is 3.17. The van der Waals surface area contributed by atoms with E-state index in [9.17, 15) is 4.79 Å². The van der Waals surface area contributed by atoms with Gasteiger partial charge in [0.05, 0.1) is 4.70 Å². The number of rotatable bonds is 6. The molecule has 0 atom stereocenters. The summed E-state index contributed by atoms with van der Waals surface area (Å²) in [4.78, 5) is 22.9. The number of carbonyl (C=O) groups excluding carboxylic acids is 1. The van der Waals surface area contributed by atoms with E-state index in [4.69, 9.17) is 4.98 Å². The summed E-state index contributed by atoms with van der Waals surface area (Å²) in [7, 11) is 0. The van der Waals surface area contributed by atoms with Gasteiger partial charge in [0.1, 0.15) is 10.0 Å². The third-order valence-electron chi connectivity index (χ3n) is 4.46. The van der Waals surface area contributed by atoms with Crippen LogP contribution in [0.5, 0.6) is 0 Å². The molecule has 1 amide bonds. The van der Waals surface area contributed by atoms with E-state index in [-0.39, 0.29) is 5.91 Å². The maximum absolute atomic E-state index is 12.5. The lowest BCUT2D eigenvalue weighted by atomic mass is 10.0. The van der Waals surface area contributed by atoms with Gasteiger partial charge in [0.15, 0.2) is 5.65 Å². The maximum atomic E-state index is 12.5. The molecule has 3 aromatic rings. The highest BCUT2D eigenvalue weighted by molar-refractivity contribution is 7.22. The SMILES string of the molecule is CC(C)NCCC(=O)Nc1sc2c(c1-c1nc3ncccc3s1)CCNC2. The molecule has 0 spiro atoms. The molecular weight excluding hydrogens is 378 g/mol. The number of anilines is 1. The lowest BCUT2D eigenvalue weighted by Crippen LogP contribution is -2.27. The summed E-state index contributed by atoms with van der Waals surface area (Å²) in [6.45, 7) is 6.64. The van der Waals surface area contributed by atoms with E-state index in [0.29, 0.717) is 19.0 Å². The number of aromatic nitrogens is 2. The van der Waals surface area contributed by atoms with Crippen LogP contribution in [0.2, 0.25) is 0 Å². The molecular formula is C19H23N5OS2. The van der Waals surface area contributed by atoms with Crippen molar-refractivity contribution in [3.05, 3.63) is 28.8 Å². The number of thiazole rings is 1. The molecule has 0 fully saturated rings. The molecule has 4 rings (SSSR count). The zero-order valence-electron chi connectivity index (χ0n) is 15.5. The van der Waals surface area contributed by atoms with Crippen LogP contribution in [0, 0.1) is 0 Å². The van der Waals surface area contributed by atoms with Gasteiger partial charge in [-0.15, -0.1) is 22.7 Å². The van der Waals surface area contributed by atoms with Crippen molar-refractivity contribution in [2.24, 2.45) is 0 Å². The van der Waals surface area contributed by atoms with E-state index in [2.05, 4.69) is 34.8 Å². The molecule has 0 saturated heterocycles. The molecule has 3 aromatic heterocycles. The fourth-order valence-electron chi connectivity index (χ4n) is 3.19. The minimum Gasteiger partial charge on any atom is -0.317 e. The minimum atomic E-state index is 0.0372. The number of fused-ring (bicyclic) bond motifs is 2. The molecule has 4 heterocycles. The standard InChI is InChI=1S/C19H23N5OS2/c1-11(2)21-9-6-15(25)23-18-16(12-5-8-20-10-14(12)27-18)19-24-17-13(26-19)4-3-7-22-17/h3-4,7,11,20-21H,5-6,8-10H2,1-2H3,(H,23,25). The van der Waals surface area contributed by atoms with Crippen LogP contribution in [-0.2, 0) is 17.8 Å². The number of hydrogen-bond acceptors (Lipinski definition) is 7. The highest BCUT2D eigenvalue weighted by atomic mass is 32.1. The van der Waals surface area contributed by atoms with E-state index in [1.165, 1.54) is 10.4 Å². The first kappa shape index (κ1) is 18.5. The molecule has 0 saturated carbocycles. The second kappa shape index (κ2) is 8.02. The van der Waals surface area contributed by atoms with Crippen molar-refractivity contribution < 1.29 is 4.79 Å². The van der Waals surface area contributed by atoms with Crippen LogP contribution in [0.25, 0.3) is 20.9 Å². The smallest absolute Gasteiger partial charge is 0.226 e. The van der Waals surface area contributed by atoms with Gasteiger partial charge in [-0.2, -0.15) is 0 Å². The summed E-state index contributed by atoms with van der Waals surface area (Å²) in [5, 5.41) is 11.7. The van der Waals surface area contributed by atoms with E-state index < -0.39 is 0 Å². The first-order valence-electron chi connectivity index (χ1n) is 9.22. The Bertz CT molecular complexity index is 929. The van der Waals surface area contributed by atoms with Crippen LogP contribution in [-0.4, -0.2) is 35.0 Å². The fourth-order valence-corrected chi connectivity index (χ4v) is 5.49. The summed E-state index contributed by atoms with van der Waals surface area (Å²) in [6, 6.07) is 4.35. The first-order valence-corrected chi connectivity index (χ1v) is 10.9. The van der Waals surface area contributed by atoms with Gasteiger partial charge in [-0.1, -0.05) is 13.8 Å². The Morgan fingerprint density at radius 2 is 2.26 bits per heavy atom. The topological polar surface area (TPSA) is 78.9 Å². The monoisotopic (exact) mass is 401 g/mol. The highest BCUT2D eigenvalue weighted by Gasteiger charge is 2.25. The minimum absolute atomic E-state index is 0.0372. The van der Waals surface area contributed by atoms with E-state index in [1.807, 2.05) is 12.1 Å². The van der Waals surface area contributed by atoms with Gasteiger partial charge < -0.3 is 16.0 Å². The molecule has 0 radical (unpaired) electrons. The number of thiophene rings is 1. The molecule has 1 aliphatic heterocycles. The molecule has 142 valence electrons. The zero-order chi connectivity index (χ0) is 18.8. The van der Waals surface area contributed by atoms with Gasteiger partial charge in [-0.25, -0.2) is 9.97 Å². The molecule has 0 aliphatic carbocycles. The predicted molar refractivity (Wildman–Crippen MR) is 113 cm³/mol. The number of pyridine rings is 1. The number of hydrogen-bond donors (Lipinski definition) is 3. The average Bonchev–Trinajstić information content (AvgIpc) is 3.21. The van der Waals surface area contributed by atoms with Crippen molar-refractivity contribution in [1.29, 1.82) is 0 Å². The highest BCUT2D eigenvalue weighted by Crippen LogP contribution is 2.44. The fraction of sp³-hybridized carbons (Fsp3) is 0.421. The Kier molecular flexibility index (Phi) is 5.49. The lowest BCUT2D eigenvalue weighted by Gasteiger charge is -2.13. The van der Waals surface area contributed by atoms with Crippen LogP contribution in [0.3, 0.4) is 0 Å². The molecule has 6 nitrogen and oxygen atoms in total. The van der Waals surface area contributed by atoms with Crippen molar-refractivity contribution in [1.82, 2.24) is 20.6 Å². The van der Waals surface area contributed by atoms with Crippen molar-refractivity contribution in [3.63, 3.8) is 0 Å². The van der Waals surface area contributed by atoms with Crippen molar-refractivity contribution in [3.8, 4) is 10.6 Å². The summed E-state index contributed by atoms with van der Waals surface area (Å²) in [6.07, 6.45) is 3.18. The lowest BCUT2D eigenvalue weighted by molar-refractivity contribution is -0.116. The average molecular weight is 402 g/mol. The molecule has 8 heteroatoms. The van der Waals surface area contributed by atoms with Crippen LogP contribution in [0.1, 0.15) is 30.7 Å². The number of nitrogens with zero attached hydrogens (tertiary/aromatic N) is 2. The molecule has 0 aromatic carbocycles.